The van der Waals surface area contributed by atoms with Gasteiger partial charge >= 0.3 is 6.18 Å². The summed E-state index contributed by atoms with van der Waals surface area (Å²) < 4.78 is 46.2. The zero-order valence-corrected chi connectivity index (χ0v) is 17.2. The molecule has 10 heteroatoms. The monoisotopic (exact) mass is 456 g/mol. The average molecular weight is 456 g/mol. The second-order valence-electron chi connectivity index (χ2n) is 7.22. The normalized spacial score (nSPS) is 11.5. The Morgan fingerprint density at radius 2 is 1.82 bits per heavy atom. The van der Waals surface area contributed by atoms with Gasteiger partial charge in [0.15, 0.2) is 0 Å². The van der Waals surface area contributed by atoms with Crippen LogP contribution in [-0.2, 0) is 17.5 Å². The molecular weight excluding hydrogens is 437 g/mol. The predicted octanol–water partition coefficient (Wildman–Crippen LogP) is 4.46. The number of imidazole rings is 1. The van der Waals surface area contributed by atoms with Gasteiger partial charge < -0.3 is 14.3 Å². The van der Waals surface area contributed by atoms with Gasteiger partial charge in [-0.15, -0.1) is 0 Å². The van der Waals surface area contributed by atoms with Gasteiger partial charge in [-0.25, -0.2) is 4.98 Å². The molecule has 0 fully saturated rings. The van der Waals surface area contributed by atoms with Crippen LogP contribution in [0.2, 0.25) is 0 Å². The smallest absolute Gasteiger partial charge is 0.416 e. The first kappa shape index (κ1) is 22.1. The van der Waals surface area contributed by atoms with Crippen molar-refractivity contribution in [2.75, 3.05) is 11.9 Å². The molecular formula is C23H19F3N4O3. The fraction of sp³-hybridized carbons (Fsp3) is 0.174. The number of aromatic nitrogens is 2. The van der Waals surface area contributed by atoms with Gasteiger partial charge in [-0.2, -0.15) is 13.2 Å². The van der Waals surface area contributed by atoms with Crippen LogP contribution in [0.15, 0.2) is 71.3 Å². The molecule has 2 heterocycles. The first-order chi connectivity index (χ1) is 15.8. The van der Waals surface area contributed by atoms with Crippen LogP contribution in [-0.4, -0.2) is 27.9 Å². The second-order valence-corrected chi connectivity index (χ2v) is 7.22. The van der Waals surface area contributed by atoms with Crippen molar-refractivity contribution >= 4 is 28.8 Å². The molecule has 0 aliphatic rings. The van der Waals surface area contributed by atoms with E-state index in [1.54, 1.807) is 47.0 Å². The molecule has 4 rings (SSSR count). The highest BCUT2D eigenvalue weighted by Gasteiger charge is 2.31. The van der Waals surface area contributed by atoms with E-state index in [-0.39, 0.29) is 36.9 Å². The van der Waals surface area contributed by atoms with Crippen molar-refractivity contribution in [2.45, 2.75) is 19.1 Å². The number of anilines is 1. The number of hydrogen-bond acceptors (Lipinski definition) is 4. The van der Waals surface area contributed by atoms with E-state index >= 15 is 0 Å². The summed E-state index contributed by atoms with van der Waals surface area (Å²) >= 11 is 0. The van der Waals surface area contributed by atoms with E-state index in [2.05, 4.69) is 15.6 Å². The van der Waals surface area contributed by atoms with Gasteiger partial charge in [0.25, 0.3) is 5.91 Å². The maximum atomic E-state index is 13.1. The number of amides is 2. The van der Waals surface area contributed by atoms with Crippen LogP contribution in [0.4, 0.5) is 19.1 Å². The molecule has 0 radical (unpaired) electrons. The molecule has 0 saturated heterocycles. The van der Waals surface area contributed by atoms with E-state index in [0.717, 1.165) is 12.1 Å². The van der Waals surface area contributed by atoms with E-state index in [9.17, 15) is 22.8 Å². The number of carbonyl (C=O) groups excluding carboxylic acids is 2. The number of benzene rings is 2. The van der Waals surface area contributed by atoms with Gasteiger partial charge in [-0.05, 0) is 42.5 Å². The summed E-state index contributed by atoms with van der Waals surface area (Å²) in [5, 5.41) is 5.27. The largest absolute Gasteiger partial charge is 0.467 e. The molecule has 0 spiro atoms. The highest BCUT2D eigenvalue weighted by Crippen LogP contribution is 2.32. The number of fused-ring (bicyclic) bond motifs is 1. The van der Waals surface area contributed by atoms with Crippen LogP contribution in [0.3, 0.4) is 0 Å². The number of hydrogen-bond donors (Lipinski definition) is 2. The molecule has 2 amide bonds. The molecule has 0 saturated carbocycles. The Morgan fingerprint density at radius 3 is 2.52 bits per heavy atom. The van der Waals surface area contributed by atoms with Crippen molar-refractivity contribution in [1.82, 2.24) is 14.9 Å². The summed E-state index contributed by atoms with van der Waals surface area (Å²) in [5.41, 5.74) is 0.133. The third-order valence-electron chi connectivity index (χ3n) is 4.89. The summed E-state index contributed by atoms with van der Waals surface area (Å²) in [4.78, 5) is 28.8. The Bertz CT molecular complexity index is 1270. The lowest BCUT2D eigenvalue weighted by molar-refractivity contribution is -0.137. The second kappa shape index (κ2) is 9.19. The molecule has 170 valence electrons. The molecule has 0 atom stereocenters. The molecule has 33 heavy (non-hydrogen) atoms. The summed E-state index contributed by atoms with van der Waals surface area (Å²) in [6, 6.07) is 15.2. The third-order valence-corrected chi connectivity index (χ3v) is 4.89. The van der Waals surface area contributed by atoms with E-state index in [4.69, 9.17) is 4.42 Å². The highest BCUT2D eigenvalue weighted by atomic mass is 19.4. The lowest BCUT2D eigenvalue weighted by Crippen LogP contribution is -2.28. The molecule has 4 aromatic rings. The van der Waals surface area contributed by atoms with Crippen molar-refractivity contribution in [1.29, 1.82) is 0 Å². The Hall–Kier alpha value is -4.08. The Morgan fingerprint density at radius 1 is 1.03 bits per heavy atom. The summed E-state index contributed by atoms with van der Waals surface area (Å²) in [6.07, 6.45) is -3.08. The fourth-order valence-electron chi connectivity index (χ4n) is 3.29. The van der Waals surface area contributed by atoms with E-state index in [0.29, 0.717) is 16.8 Å². The van der Waals surface area contributed by atoms with E-state index < -0.39 is 17.6 Å². The third kappa shape index (κ3) is 5.22. The van der Waals surface area contributed by atoms with Crippen LogP contribution < -0.4 is 10.6 Å². The Labute approximate surface area is 186 Å². The van der Waals surface area contributed by atoms with Crippen molar-refractivity contribution in [2.24, 2.45) is 0 Å². The summed E-state index contributed by atoms with van der Waals surface area (Å²) in [5.74, 6) is -0.136. The summed E-state index contributed by atoms with van der Waals surface area (Å²) in [6.45, 7) is 0.241. The van der Waals surface area contributed by atoms with Crippen LogP contribution in [0.25, 0.3) is 11.0 Å². The SMILES string of the molecule is O=C(CCNC(=O)c1ccccc1)Nc1nc2cc(C(F)(F)F)ccc2n1Cc1ccco1. The Balaban J connectivity index is 1.50. The minimum absolute atomic E-state index is 0.0453. The maximum Gasteiger partial charge on any atom is 0.416 e. The topological polar surface area (TPSA) is 89.2 Å². The number of carbonyl (C=O) groups is 2. The van der Waals surface area contributed by atoms with Crippen LogP contribution in [0.5, 0.6) is 0 Å². The molecule has 2 aromatic carbocycles. The number of nitrogens with one attached hydrogen (secondary N) is 2. The molecule has 0 unspecified atom stereocenters. The maximum absolute atomic E-state index is 13.1. The van der Waals surface area contributed by atoms with E-state index in [1.165, 1.54) is 12.3 Å². The number of halogens is 3. The molecule has 2 N–H and O–H groups in total. The standard InChI is InChI=1S/C23H19F3N4O3/c24-23(25,26)16-8-9-19-18(13-16)28-22(30(19)14-17-7-4-12-33-17)29-20(31)10-11-27-21(32)15-5-2-1-3-6-15/h1-9,12-13H,10-11,14H2,(H,27,32)(H,28,29,31). The van der Waals surface area contributed by atoms with Crippen LogP contribution in [0.1, 0.15) is 28.1 Å². The minimum atomic E-state index is -4.51. The highest BCUT2D eigenvalue weighted by molar-refractivity contribution is 5.95. The van der Waals surface area contributed by atoms with Crippen LogP contribution >= 0.6 is 0 Å². The van der Waals surface area contributed by atoms with Crippen molar-refractivity contribution in [3.8, 4) is 0 Å². The predicted molar refractivity (Wildman–Crippen MR) is 115 cm³/mol. The lowest BCUT2D eigenvalue weighted by Gasteiger charge is -2.10. The zero-order valence-electron chi connectivity index (χ0n) is 17.2. The molecule has 0 bridgehead atoms. The zero-order chi connectivity index (χ0) is 23.4. The van der Waals surface area contributed by atoms with Gasteiger partial charge in [0.1, 0.15) is 5.76 Å². The van der Waals surface area contributed by atoms with Gasteiger partial charge in [0, 0.05) is 18.5 Å². The average Bonchev–Trinajstić information content (AvgIpc) is 3.42. The number of furan rings is 1. The van der Waals surface area contributed by atoms with Crippen molar-refractivity contribution in [3.63, 3.8) is 0 Å². The first-order valence-electron chi connectivity index (χ1n) is 10.0. The van der Waals surface area contributed by atoms with E-state index in [1.807, 2.05) is 0 Å². The summed E-state index contributed by atoms with van der Waals surface area (Å²) in [7, 11) is 0. The number of alkyl halides is 3. The molecule has 7 nitrogen and oxygen atoms in total. The van der Waals surface area contributed by atoms with Gasteiger partial charge in [-0.3, -0.25) is 14.9 Å². The number of nitrogens with zero attached hydrogens (tertiary/aromatic N) is 2. The van der Waals surface area contributed by atoms with Crippen molar-refractivity contribution < 1.29 is 27.2 Å². The minimum Gasteiger partial charge on any atom is -0.467 e. The molecule has 0 aliphatic carbocycles. The van der Waals surface area contributed by atoms with Gasteiger partial charge in [0.2, 0.25) is 11.9 Å². The first-order valence-corrected chi connectivity index (χ1v) is 10.0. The number of rotatable bonds is 7. The van der Waals surface area contributed by atoms with Crippen molar-refractivity contribution in [3.05, 3.63) is 83.8 Å². The molecule has 0 aliphatic heterocycles. The quantitative estimate of drug-likeness (QED) is 0.430. The van der Waals surface area contributed by atoms with Gasteiger partial charge in [-0.1, -0.05) is 18.2 Å². The van der Waals surface area contributed by atoms with Gasteiger partial charge in [0.05, 0.1) is 29.4 Å². The fourth-order valence-corrected chi connectivity index (χ4v) is 3.29. The lowest BCUT2D eigenvalue weighted by atomic mass is 10.2. The Kier molecular flexibility index (Phi) is 6.16. The molecule has 2 aromatic heterocycles. The van der Waals surface area contributed by atoms with Crippen LogP contribution in [0, 0.1) is 0 Å².